The molecule has 0 aliphatic carbocycles. The van der Waals surface area contributed by atoms with Crippen LogP contribution in [0.25, 0.3) is 6.08 Å². The molecule has 1 rings (SSSR count). The van der Waals surface area contributed by atoms with E-state index in [0.29, 0.717) is 16.9 Å². The zero-order chi connectivity index (χ0) is 13.0. The number of esters is 1. The minimum atomic E-state index is -0.467. The minimum Gasteiger partial charge on any atom is -0.505 e. The van der Waals surface area contributed by atoms with E-state index in [0.717, 1.165) is 0 Å². The summed E-state index contributed by atoms with van der Waals surface area (Å²) in [5.74, 6) is -0.0518. The first-order valence-electron chi connectivity index (χ1n) is 4.92. The van der Waals surface area contributed by atoms with Crippen LogP contribution < -0.4 is 10.5 Å². The molecule has 0 fully saturated rings. The number of benzene rings is 1. The molecule has 0 aliphatic heterocycles. The molecular formula is C12H15NO4. The lowest BCUT2D eigenvalue weighted by Gasteiger charge is -2.08. The van der Waals surface area contributed by atoms with E-state index in [9.17, 15) is 9.90 Å². The summed E-state index contributed by atoms with van der Waals surface area (Å²) in [4.78, 5) is 11.2. The van der Waals surface area contributed by atoms with Crippen LogP contribution >= 0.6 is 0 Å². The lowest BCUT2D eigenvalue weighted by atomic mass is 10.1. The van der Waals surface area contributed by atoms with Crippen molar-refractivity contribution in [1.29, 1.82) is 0 Å². The Morgan fingerprint density at radius 1 is 1.41 bits per heavy atom. The van der Waals surface area contributed by atoms with Crippen molar-refractivity contribution in [2.45, 2.75) is 6.92 Å². The van der Waals surface area contributed by atoms with Gasteiger partial charge in [-0.05, 0) is 19.1 Å². The number of anilines is 1. The van der Waals surface area contributed by atoms with Crippen LogP contribution in [0.3, 0.4) is 0 Å². The number of nitrogen functional groups attached to an aromatic ring is 1. The molecule has 5 heteroatoms. The quantitative estimate of drug-likeness (QED) is 0.361. The molecule has 0 spiro atoms. The zero-order valence-corrected chi connectivity index (χ0v) is 9.98. The number of hydrogen-bond acceptors (Lipinski definition) is 5. The Balaban J connectivity index is 3.22. The molecule has 0 atom stereocenters. The first-order valence-corrected chi connectivity index (χ1v) is 4.92. The maximum Gasteiger partial charge on any atom is 0.333 e. The standard InChI is InChI=1S/C12H15NO4/c1-7(12(15)17-3)4-8-5-9(16-2)6-10(13)11(8)14/h4-6,14H,13H2,1-3H3. The highest BCUT2D eigenvalue weighted by Crippen LogP contribution is 2.31. The molecule has 5 nitrogen and oxygen atoms in total. The molecule has 1 aromatic rings. The number of nitrogens with two attached hydrogens (primary N) is 1. The lowest BCUT2D eigenvalue weighted by molar-refractivity contribution is -0.135. The van der Waals surface area contributed by atoms with Gasteiger partial charge in [-0.1, -0.05) is 0 Å². The van der Waals surface area contributed by atoms with Crippen LogP contribution in [0.15, 0.2) is 17.7 Å². The number of aromatic hydroxyl groups is 1. The minimum absolute atomic E-state index is 0.0888. The second-order valence-electron chi connectivity index (χ2n) is 3.47. The summed E-state index contributed by atoms with van der Waals surface area (Å²) in [6.45, 7) is 1.58. The predicted molar refractivity (Wildman–Crippen MR) is 64.7 cm³/mol. The van der Waals surface area contributed by atoms with Crippen LogP contribution in [0.2, 0.25) is 0 Å². The van der Waals surface area contributed by atoms with Crippen molar-refractivity contribution in [1.82, 2.24) is 0 Å². The molecule has 1 aromatic carbocycles. The molecule has 0 saturated heterocycles. The molecule has 92 valence electrons. The van der Waals surface area contributed by atoms with Gasteiger partial charge in [-0.3, -0.25) is 0 Å². The molecule has 0 aliphatic rings. The third-order valence-electron chi connectivity index (χ3n) is 2.26. The van der Waals surface area contributed by atoms with Gasteiger partial charge in [0, 0.05) is 17.2 Å². The van der Waals surface area contributed by atoms with Crippen molar-refractivity contribution in [3.8, 4) is 11.5 Å². The van der Waals surface area contributed by atoms with Gasteiger partial charge in [0.05, 0.1) is 19.9 Å². The van der Waals surface area contributed by atoms with Gasteiger partial charge in [0.15, 0.2) is 0 Å². The largest absolute Gasteiger partial charge is 0.505 e. The highest BCUT2D eigenvalue weighted by molar-refractivity contribution is 5.93. The summed E-state index contributed by atoms with van der Waals surface area (Å²) in [6.07, 6.45) is 1.49. The Labute approximate surface area is 99.5 Å². The molecule has 0 radical (unpaired) electrons. The predicted octanol–water partition coefficient (Wildman–Crippen LogP) is 1.56. The number of methoxy groups -OCH3 is 2. The Morgan fingerprint density at radius 3 is 2.59 bits per heavy atom. The SMILES string of the molecule is COC(=O)C(C)=Cc1cc(OC)cc(N)c1O. The van der Waals surface area contributed by atoms with E-state index in [1.807, 2.05) is 0 Å². The summed E-state index contributed by atoms with van der Waals surface area (Å²) in [5.41, 5.74) is 6.56. The number of hydrogen-bond donors (Lipinski definition) is 2. The molecule has 0 aromatic heterocycles. The maximum absolute atomic E-state index is 11.2. The average Bonchev–Trinajstić information content (AvgIpc) is 2.33. The Morgan fingerprint density at radius 2 is 2.06 bits per heavy atom. The fraction of sp³-hybridized carbons (Fsp3) is 0.250. The molecule has 0 heterocycles. The van der Waals surface area contributed by atoms with E-state index in [-0.39, 0.29) is 11.4 Å². The molecule has 0 unspecified atom stereocenters. The van der Waals surface area contributed by atoms with Gasteiger partial charge in [-0.2, -0.15) is 0 Å². The summed E-state index contributed by atoms with van der Waals surface area (Å²) >= 11 is 0. The smallest absolute Gasteiger partial charge is 0.333 e. The monoisotopic (exact) mass is 237 g/mol. The summed E-state index contributed by atoms with van der Waals surface area (Å²) in [5, 5.41) is 9.74. The van der Waals surface area contributed by atoms with Crippen LogP contribution in [0.5, 0.6) is 11.5 Å². The van der Waals surface area contributed by atoms with Gasteiger partial charge >= 0.3 is 5.97 Å². The van der Waals surface area contributed by atoms with E-state index < -0.39 is 5.97 Å². The van der Waals surface area contributed by atoms with Gasteiger partial charge in [-0.15, -0.1) is 0 Å². The summed E-state index contributed by atoms with van der Waals surface area (Å²) < 4.78 is 9.58. The molecule has 17 heavy (non-hydrogen) atoms. The van der Waals surface area contributed by atoms with E-state index in [1.54, 1.807) is 13.0 Å². The first-order chi connectivity index (χ1) is 7.99. The molecular weight excluding hydrogens is 222 g/mol. The van der Waals surface area contributed by atoms with Crippen molar-refractivity contribution in [3.63, 3.8) is 0 Å². The van der Waals surface area contributed by atoms with Crippen LogP contribution in [-0.4, -0.2) is 25.3 Å². The van der Waals surface area contributed by atoms with Gasteiger partial charge < -0.3 is 20.3 Å². The van der Waals surface area contributed by atoms with Gasteiger partial charge in [-0.25, -0.2) is 4.79 Å². The zero-order valence-electron chi connectivity index (χ0n) is 9.98. The molecule has 3 N–H and O–H groups in total. The van der Waals surface area contributed by atoms with Crippen LogP contribution in [0.4, 0.5) is 5.69 Å². The number of phenolic OH excluding ortho intramolecular Hbond substituents is 1. The Hall–Kier alpha value is -2.17. The van der Waals surface area contributed by atoms with E-state index >= 15 is 0 Å². The number of ether oxygens (including phenoxy) is 2. The van der Waals surface area contributed by atoms with Gasteiger partial charge in [0.25, 0.3) is 0 Å². The highest BCUT2D eigenvalue weighted by atomic mass is 16.5. The molecule has 0 bridgehead atoms. The van der Waals surface area contributed by atoms with Crippen molar-refractivity contribution in [2.75, 3.05) is 20.0 Å². The maximum atomic E-state index is 11.2. The third-order valence-corrected chi connectivity index (χ3v) is 2.26. The first kappa shape index (κ1) is 12.9. The van der Waals surface area contributed by atoms with Crippen molar-refractivity contribution < 1.29 is 19.4 Å². The van der Waals surface area contributed by atoms with Crippen molar-refractivity contribution in [3.05, 3.63) is 23.3 Å². The normalized spacial score (nSPS) is 11.1. The fourth-order valence-electron chi connectivity index (χ4n) is 1.33. The lowest BCUT2D eigenvalue weighted by Crippen LogP contribution is -2.01. The van der Waals surface area contributed by atoms with E-state index in [4.69, 9.17) is 10.5 Å². The Kier molecular flexibility index (Phi) is 3.98. The number of carbonyl (C=O) groups is 1. The number of phenols is 1. The molecule has 0 amide bonds. The summed E-state index contributed by atoms with van der Waals surface area (Å²) in [6, 6.07) is 3.08. The highest BCUT2D eigenvalue weighted by Gasteiger charge is 2.09. The topological polar surface area (TPSA) is 81.8 Å². The van der Waals surface area contributed by atoms with Crippen LogP contribution in [-0.2, 0) is 9.53 Å². The third kappa shape index (κ3) is 2.90. The fourth-order valence-corrected chi connectivity index (χ4v) is 1.33. The van der Waals surface area contributed by atoms with Crippen LogP contribution in [0.1, 0.15) is 12.5 Å². The average molecular weight is 237 g/mol. The van der Waals surface area contributed by atoms with Crippen molar-refractivity contribution >= 4 is 17.7 Å². The van der Waals surface area contributed by atoms with E-state index in [2.05, 4.69) is 4.74 Å². The number of carbonyl (C=O) groups excluding carboxylic acids is 1. The van der Waals surface area contributed by atoms with Crippen molar-refractivity contribution in [2.24, 2.45) is 0 Å². The second-order valence-corrected chi connectivity index (χ2v) is 3.47. The molecule has 0 saturated carbocycles. The van der Waals surface area contributed by atoms with E-state index in [1.165, 1.54) is 26.4 Å². The van der Waals surface area contributed by atoms with Gasteiger partial charge in [0.1, 0.15) is 11.5 Å². The summed E-state index contributed by atoms with van der Waals surface area (Å²) in [7, 11) is 2.78. The Bertz CT molecular complexity index is 466. The second kappa shape index (κ2) is 5.25. The number of rotatable bonds is 3. The van der Waals surface area contributed by atoms with Crippen LogP contribution in [0, 0.1) is 0 Å². The van der Waals surface area contributed by atoms with Gasteiger partial charge in [0.2, 0.25) is 0 Å².